The number of ether oxygens (including phenoxy) is 1. The van der Waals surface area contributed by atoms with Crippen LogP contribution in [0, 0.1) is 0 Å². The van der Waals surface area contributed by atoms with Gasteiger partial charge in [0.25, 0.3) is 0 Å². The maximum atomic E-state index is 10.4. The number of hydrogen-bond acceptors (Lipinski definition) is 2. The highest BCUT2D eigenvalue weighted by Gasteiger charge is 1.93. The molecule has 13 heavy (non-hydrogen) atoms. The Kier molecular flexibility index (Phi) is 3.55. The van der Waals surface area contributed by atoms with Gasteiger partial charge in [-0.25, -0.2) is 0 Å². The summed E-state index contributed by atoms with van der Waals surface area (Å²) in [4.78, 5) is 10.4. The molecule has 0 radical (unpaired) electrons. The van der Waals surface area contributed by atoms with Crippen molar-refractivity contribution < 1.29 is 9.53 Å². The molecule has 0 N–H and O–H groups in total. The first-order valence-corrected chi connectivity index (χ1v) is 3.89. The molecule has 0 aromatic heterocycles. The second kappa shape index (κ2) is 4.96. The van der Waals surface area contributed by atoms with E-state index in [0.29, 0.717) is 17.9 Å². The van der Waals surface area contributed by atoms with Gasteiger partial charge in [0.15, 0.2) is 0 Å². The number of carbonyl (C=O) groups is 1. The van der Waals surface area contributed by atoms with Crippen LogP contribution in [-0.2, 0) is 0 Å². The lowest BCUT2D eigenvalue weighted by Crippen LogP contribution is -1.93. The van der Waals surface area contributed by atoms with Crippen LogP contribution in [0.1, 0.15) is 10.4 Å². The molecule has 1 aromatic carbocycles. The molecule has 0 saturated carbocycles. The Morgan fingerprint density at radius 3 is 3.08 bits per heavy atom. The van der Waals surface area contributed by atoms with E-state index in [-0.39, 0.29) is 0 Å². The average molecular weight is 174 g/mol. The summed E-state index contributed by atoms with van der Waals surface area (Å²) in [5, 5.41) is 0. The van der Waals surface area contributed by atoms with Crippen molar-refractivity contribution in [3.8, 4) is 5.75 Å². The summed E-state index contributed by atoms with van der Waals surface area (Å²) in [6, 6.07) is 6.98. The highest BCUT2D eigenvalue weighted by Crippen LogP contribution is 2.11. The lowest BCUT2D eigenvalue weighted by Gasteiger charge is -2.01. The van der Waals surface area contributed by atoms with E-state index in [2.05, 4.69) is 12.3 Å². The van der Waals surface area contributed by atoms with Gasteiger partial charge < -0.3 is 4.74 Å². The van der Waals surface area contributed by atoms with Crippen molar-refractivity contribution in [2.75, 3.05) is 6.61 Å². The van der Waals surface area contributed by atoms with Crippen molar-refractivity contribution in [2.45, 2.75) is 0 Å². The van der Waals surface area contributed by atoms with Crippen LogP contribution in [0.25, 0.3) is 0 Å². The van der Waals surface area contributed by atoms with E-state index < -0.39 is 0 Å². The first kappa shape index (κ1) is 9.30. The van der Waals surface area contributed by atoms with Gasteiger partial charge in [-0.2, -0.15) is 0 Å². The number of benzene rings is 1. The molecule has 1 aromatic rings. The predicted octanol–water partition coefficient (Wildman–Crippen LogP) is 2.22. The van der Waals surface area contributed by atoms with E-state index in [1.54, 1.807) is 30.3 Å². The molecule has 0 saturated heterocycles. The van der Waals surface area contributed by atoms with Crippen LogP contribution in [0.3, 0.4) is 0 Å². The number of carbonyl (C=O) groups excluding carboxylic acids is 1. The Morgan fingerprint density at radius 1 is 1.54 bits per heavy atom. The van der Waals surface area contributed by atoms with Gasteiger partial charge in [0.2, 0.25) is 0 Å². The third-order valence-corrected chi connectivity index (χ3v) is 1.47. The van der Waals surface area contributed by atoms with Crippen LogP contribution in [-0.4, -0.2) is 12.9 Å². The Bertz CT molecular complexity index is 336. The van der Waals surface area contributed by atoms with Crippen molar-refractivity contribution in [3.63, 3.8) is 0 Å². The molecule has 2 heteroatoms. The van der Waals surface area contributed by atoms with Gasteiger partial charge in [0.1, 0.15) is 18.6 Å². The van der Waals surface area contributed by atoms with Gasteiger partial charge in [-0.3, -0.25) is 4.79 Å². The Morgan fingerprint density at radius 2 is 2.38 bits per heavy atom. The second-order valence-corrected chi connectivity index (χ2v) is 2.41. The molecule has 1 rings (SSSR count). The van der Waals surface area contributed by atoms with E-state index in [9.17, 15) is 4.79 Å². The fraction of sp³-hybridized carbons (Fsp3) is 0.0909. The largest absolute Gasteiger partial charge is 0.489 e. The third kappa shape index (κ3) is 2.97. The fourth-order valence-corrected chi connectivity index (χ4v) is 0.874. The minimum atomic E-state index is 0.422. The van der Waals surface area contributed by atoms with Crippen LogP contribution in [0.2, 0.25) is 0 Å². The quantitative estimate of drug-likeness (QED) is 0.516. The summed E-state index contributed by atoms with van der Waals surface area (Å²) >= 11 is 0. The van der Waals surface area contributed by atoms with Gasteiger partial charge in [0.05, 0.1) is 0 Å². The molecular formula is C11H10O2. The first-order chi connectivity index (χ1) is 6.36. The smallest absolute Gasteiger partial charge is 0.150 e. The Balaban J connectivity index is 2.65. The van der Waals surface area contributed by atoms with Crippen LogP contribution in [0.5, 0.6) is 5.75 Å². The van der Waals surface area contributed by atoms with Gasteiger partial charge in [-0.05, 0) is 18.2 Å². The van der Waals surface area contributed by atoms with Crippen LogP contribution in [0.4, 0.5) is 0 Å². The lowest BCUT2D eigenvalue weighted by molar-refractivity contribution is 0.112. The molecule has 66 valence electrons. The minimum absolute atomic E-state index is 0.422. The fourth-order valence-electron chi connectivity index (χ4n) is 0.874. The zero-order valence-electron chi connectivity index (χ0n) is 7.19. The van der Waals surface area contributed by atoms with E-state index in [4.69, 9.17) is 4.74 Å². The zero-order valence-corrected chi connectivity index (χ0v) is 7.19. The topological polar surface area (TPSA) is 26.3 Å². The standard InChI is InChI=1S/C11H10O2/c1-2-3-7-13-11-6-4-5-10(8-11)9-12/h3-6,8-9H,1,7H2. The van der Waals surface area contributed by atoms with E-state index >= 15 is 0 Å². The number of aldehydes is 1. The highest BCUT2D eigenvalue weighted by molar-refractivity contribution is 5.75. The molecule has 2 nitrogen and oxygen atoms in total. The summed E-state index contributed by atoms with van der Waals surface area (Å²) in [6.45, 7) is 3.83. The van der Waals surface area contributed by atoms with E-state index in [1.165, 1.54) is 0 Å². The second-order valence-electron chi connectivity index (χ2n) is 2.41. The van der Waals surface area contributed by atoms with Gasteiger partial charge in [-0.15, -0.1) is 5.73 Å². The normalized spacial score (nSPS) is 8.62. The maximum absolute atomic E-state index is 10.4. The first-order valence-electron chi connectivity index (χ1n) is 3.89. The number of rotatable bonds is 4. The monoisotopic (exact) mass is 174 g/mol. The molecule has 0 aliphatic rings. The molecule has 0 bridgehead atoms. The highest BCUT2D eigenvalue weighted by atomic mass is 16.5. The lowest BCUT2D eigenvalue weighted by atomic mass is 10.2. The summed E-state index contributed by atoms with van der Waals surface area (Å²) in [6.07, 6.45) is 2.46. The molecular weight excluding hydrogens is 164 g/mol. The van der Waals surface area contributed by atoms with Gasteiger partial charge >= 0.3 is 0 Å². The molecule has 0 aliphatic heterocycles. The van der Waals surface area contributed by atoms with Crippen molar-refractivity contribution in [3.05, 3.63) is 48.2 Å². The van der Waals surface area contributed by atoms with Crippen LogP contribution < -0.4 is 4.74 Å². The van der Waals surface area contributed by atoms with E-state index in [1.807, 2.05) is 0 Å². The van der Waals surface area contributed by atoms with Crippen molar-refractivity contribution in [1.29, 1.82) is 0 Å². The summed E-state index contributed by atoms with van der Waals surface area (Å²) in [5.74, 6) is 0.677. The molecule has 0 unspecified atom stereocenters. The zero-order chi connectivity index (χ0) is 9.52. The Hall–Kier alpha value is -1.79. The van der Waals surface area contributed by atoms with Gasteiger partial charge in [0, 0.05) is 5.56 Å². The summed E-state index contributed by atoms with van der Waals surface area (Å²) < 4.78 is 5.27. The summed E-state index contributed by atoms with van der Waals surface area (Å²) in [5.41, 5.74) is 3.21. The SMILES string of the molecule is C=C=CCOc1cccc(C=O)c1. The van der Waals surface area contributed by atoms with Crippen LogP contribution in [0.15, 0.2) is 42.7 Å². The van der Waals surface area contributed by atoms with Crippen molar-refractivity contribution in [2.24, 2.45) is 0 Å². The predicted molar refractivity (Wildman–Crippen MR) is 51.0 cm³/mol. The number of hydrogen-bond donors (Lipinski definition) is 0. The minimum Gasteiger partial charge on any atom is -0.489 e. The third-order valence-electron chi connectivity index (χ3n) is 1.47. The molecule has 0 amide bonds. The summed E-state index contributed by atoms with van der Waals surface area (Å²) in [7, 11) is 0. The molecule has 0 aliphatic carbocycles. The molecule has 0 heterocycles. The molecule has 0 fully saturated rings. The Labute approximate surface area is 77.2 Å². The van der Waals surface area contributed by atoms with Crippen molar-refractivity contribution in [1.82, 2.24) is 0 Å². The van der Waals surface area contributed by atoms with Gasteiger partial charge in [-0.1, -0.05) is 18.7 Å². The van der Waals surface area contributed by atoms with E-state index in [0.717, 1.165) is 6.29 Å². The van der Waals surface area contributed by atoms with Crippen LogP contribution >= 0.6 is 0 Å². The molecule has 0 atom stereocenters. The maximum Gasteiger partial charge on any atom is 0.150 e. The van der Waals surface area contributed by atoms with Crippen molar-refractivity contribution >= 4 is 6.29 Å². The molecule has 0 spiro atoms. The average Bonchev–Trinajstić information content (AvgIpc) is 2.19.